The van der Waals surface area contributed by atoms with Crippen LogP contribution >= 0.6 is 34.8 Å². The third kappa shape index (κ3) is 6.79. The molecule has 172 valence electrons. The average Bonchev–Trinajstić information content (AvgIpc) is 2.71. The van der Waals surface area contributed by atoms with Gasteiger partial charge < -0.3 is 5.32 Å². The number of hydrogen-bond donors (Lipinski definition) is 2. The summed E-state index contributed by atoms with van der Waals surface area (Å²) in [5, 5.41) is 3.34. The molecule has 0 heterocycles. The topological polar surface area (TPSA) is 61.4 Å². The van der Waals surface area contributed by atoms with Crippen LogP contribution in [0.1, 0.15) is 34.3 Å². The molecule has 0 aliphatic rings. The Morgan fingerprint density at radius 1 is 1.09 bits per heavy atom. The van der Waals surface area contributed by atoms with Crippen molar-refractivity contribution in [3.05, 3.63) is 74.2 Å². The van der Waals surface area contributed by atoms with E-state index in [0.717, 1.165) is 23.2 Å². The van der Waals surface area contributed by atoms with Crippen LogP contribution in [0.25, 0.3) is 6.08 Å². The van der Waals surface area contributed by atoms with Crippen molar-refractivity contribution in [3.8, 4) is 0 Å². The number of amides is 3. The van der Waals surface area contributed by atoms with Crippen LogP contribution in [0.3, 0.4) is 0 Å². The van der Waals surface area contributed by atoms with E-state index in [2.05, 4.69) is 10.7 Å². The molecule has 3 amide bonds. The number of hydrogen-bond acceptors (Lipinski definition) is 2. The van der Waals surface area contributed by atoms with Crippen molar-refractivity contribution in [1.29, 1.82) is 0 Å². The Morgan fingerprint density at radius 2 is 1.66 bits per heavy atom. The fourth-order valence-corrected chi connectivity index (χ4v) is 3.27. The second-order valence-corrected chi connectivity index (χ2v) is 7.83. The average molecular weight is 509 g/mol. The Kier molecular flexibility index (Phi) is 8.83. The number of urea groups is 1. The van der Waals surface area contributed by atoms with Gasteiger partial charge in [0.05, 0.1) is 21.0 Å². The molecule has 2 rings (SSSR count). The fourth-order valence-electron chi connectivity index (χ4n) is 2.65. The van der Waals surface area contributed by atoms with Gasteiger partial charge in [-0.05, 0) is 42.3 Å². The third-order valence-corrected chi connectivity index (χ3v) is 5.47. The van der Waals surface area contributed by atoms with E-state index < -0.39 is 24.0 Å². The van der Waals surface area contributed by atoms with Gasteiger partial charge in [0, 0.05) is 19.2 Å². The van der Waals surface area contributed by atoms with Crippen LogP contribution in [0.2, 0.25) is 15.1 Å². The minimum Gasteiger partial charge on any atom is -0.337 e. The summed E-state index contributed by atoms with van der Waals surface area (Å²) >= 11 is 17.6. The van der Waals surface area contributed by atoms with Gasteiger partial charge in [-0.15, -0.1) is 0 Å². The molecular formula is C21H19Cl3F3N3O2. The summed E-state index contributed by atoms with van der Waals surface area (Å²) in [4.78, 5) is 23.9. The fraction of sp³-hybridized carbons (Fsp3) is 0.238. The van der Waals surface area contributed by atoms with Crippen LogP contribution in [0.5, 0.6) is 0 Å². The number of carbonyl (C=O) groups excluding carboxylic acids is 2. The molecule has 0 saturated heterocycles. The lowest BCUT2D eigenvalue weighted by Crippen LogP contribution is -2.48. The van der Waals surface area contributed by atoms with Gasteiger partial charge in [-0.2, -0.15) is 13.2 Å². The molecule has 0 saturated carbocycles. The molecule has 5 nitrogen and oxygen atoms in total. The normalized spacial score (nSPS) is 12.5. The molecule has 0 aliphatic carbocycles. The van der Waals surface area contributed by atoms with Gasteiger partial charge in [-0.3, -0.25) is 10.2 Å². The summed E-state index contributed by atoms with van der Waals surface area (Å²) in [6.45, 7) is 2.13. The van der Waals surface area contributed by atoms with E-state index in [1.807, 2.05) is 0 Å². The van der Waals surface area contributed by atoms with E-state index in [9.17, 15) is 22.8 Å². The van der Waals surface area contributed by atoms with Gasteiger partial charge in [0.15, 0.2) is 0 Å². The van der Waals surface area contributed by atoms with Crippen molar-refractivity contribution >= 4 is 52.8 Å². The number of rotatable bonds is 5. The van der Waals surface area contributed by atoms with Crippen molar-refractivity contribution in [2.24, 2.45) is 0 Å². The van der Waals surface area contributed by atoms with E-state index in [4.69, 9.17) is 34.8 Å². The molecule has 2 N–H and O–H groups in total. The van der Waals surface area contributed by atoms with Crippen molar-refractivity contribution in [2.45, 2.75) is 19.0 Å². The van der Waals surface area contributed by atoms with Crippen molar-refractivity contribution in [2.75, 3.05) is 13.6 Å². The molecule has 1 unspecified atom stereocenters. The minimum absolute atomic E-state index is 0.0197. The number of carbonyl (C=O) groups is 2. The molecule has 0 spiro atoms. The van der Waals surface area contributed by atoms with E-state index in [-0.39, 0.29) is 26.2 Å². The SMILES string of the molecule is CCNC(=O)N(C)NC(=O)c1ccc(/C=C/C(c2cc(Cl)c(Cl)c(Cl)c2)C(F)(F)F)cc1. The Hall–Kier alpha value is -2.42. The lowest BCUT2D eigenvalue weighted by molar-refractivity contribution is -0.139. The number of nitrogens with one attached hydrogen (secondary N) is 2. The molecule has 0 radical (unpaired) electrons. The summed E-state index contributed by atoms with van der Waals surface area (Å²) in [5.74, 6) is -2.52. The highest BCUT2D eigenvalue weighted by Crippen LogP contribution is 2.41. The second-order valence-electron chi connectivity index (χ2n) is 6.63. The van der Waals surface area contributed by atoms with E-state index in [1.54, 1.807) is 6.92 Å². The van der Waals surface area contributed by atoms with Gasteiger partial charge in [-0.25, -0.2) is 9.80 Å². The van der Waals surface area contributed by atoms with Crippen LogP contribution in [0.4, 0.5) is 18.0 Å². The number of nitrogens with zero attached hydrogens (tertiary/aromatic N) is 1. The van der Waals surface area contributed by atoms with Crippen molar-refractivity contribution < 1.29 is 22.8 Å². The summed E-state index contributed by atoms with van der Waals surface area (Å²) in [5.41, 5.74) is 2.89. The van der Waals surface area contributed by atoms with Crippen LogP contribution in [0, 0.1) is 0 Å². The van der Waals surface area contributed by atoms with Crippen molar-refractivity contribution in [3.63, 3.8) is 0 Å². The minimum atomic E-state index is -4.60. The van der Waals surface area contributed by atoms with Gasteiger partial charge in [-0.1, -0.05) is 59.1 Å². The third-order valence-electron chi connectivity index (χ3n) is 4.27. The number of alkyl halides is 3. The van der Waals surface area contributed by atoms with Gasteiger partial charge in [0.1, 0.15) is 0 Å². The molecule has 0 aromatic heterocycles. The molecule has 2 aromatic rings. The highest BCUT2D eigenvalue weighted by molar-refractivity contribution is 6.48. The maximum absolute atomic E-state index is 13.6. The number of allylic oxidation sites excluding steroid dienone is 1. The number of halogens is 6. The summed E-state index contributed by atoms with van der Waals surface area (Å²) < 4.78 is 40.9. The molecule has 0 aliphatic heterocycles. The highest BCUT2D eigenvalue weighted by Gasteiger charge is 2.39. The lowest BCUT2D eigenvalue weighted by atomic mass is 9.97. The molecule has 0 bridgehead atoms. The summed E-state index contributed by atoms with van der Waals surface area (Å²) in [6.07, 6.45) is -2.36. The summed E-state index contributed by atoms with van der Waals surface area (Å²) in [6, 6.07) is 7.58. The van der Waals surface area contributed by atoms with Crippen LogP contribution in [0.15, 0.2) is 42.5 Å². The predicted octanol–water partition coefficient (Wildman–Crippen LogP) is 6.31. The molecular weight excluding hydrogens is 490 g/mol. The van der Waals surface area contributed by atoms with E-state index in [1.165, 1.54) is 37.4 Å². The van der Waals surface area contributed by atoms with Gasteiger partial charge in [0.2, 0.25) is 0 Å². The number of benzene rings is 2. The highest BCUT2D eigenvalue weighted by atomic mass is 35.5. The first kappa shape index (κ1) is 25.8. The summed E-state index contributed by atoms with van der Waals surface area (Å²) in [7, 11) is 1.38. The Bertz CT molecular complexity index is 989. The standard InChI is InChI=1S/C21H19Cl3F3N3O2/c1-3-28-20(32)30(2)29-19(31)13-7-4-12(5-8-13)6-9-15(21(25,26)27)14-10-16(22)18(24)17(23)11-14/h4-11,15H,3H2,1-2H3,(H,28,32)(H,29,31)/b9-6+. The maximum Gasteiger partial charge on any atom is 0.399 e. The zero-order chi connectivity index (χ0) is 24.1. The van der Waals surface area contributed by atoms with E-state index in [0.29, 0.717) is 12.1 Å². The van der Waals surface area contributed by atoms with Gasteiger partial charge >= 0.3 is 12.2 Å². The molecule has 32 heavy (non-hydrogen) atoms. The Labute approximate surface area is 198 Å². The maximum atomic E-state index is 13.6. The molecule has 0 fully saturated rings. The zero-order valence-electron chi connectivity index (χ0n) is 16.9. The van der Waals surface area contributed by atoms with Gasteiger partial charge in [0.25, 0.3) is 5.91 Å². The monoisotopic (exact) mass is 507 g/mol. The van der Waals surface area contributed by atoms with Crippen LogP contribution in [-0.2, 0) is 0 Å². The first-order chi connectivity index (χ1) is 14.9. The molecule has 1 atom stereocenters. The zero-order valence-corrected chi connectivity index (χ0v) is 19.2. The quantitative estimate of drug-likeness (QED) is 0.367. The predicted molar refractivity (Wildman–Crippen MR) is 120 cm³/mol. The lowest BCUT2D eigenvalue weighted by Gasteiger charge is -2.19. The smallest absolute Gasteiger partial charge is 0.337 e. The van der Waals surface area contributed by atoms with Crippen LogP contribution < -0.4 is 10.7 Å². The Balaban J connectivity index is 2.19. The molecule has 2 aromatic carbocycles. The number of hydrazine groups is 1. The first-order valence-corrected chi connectivity index (χ1v) is 10.4. The second kappa shape index (κ2) is 10.9. The van der Waals surface area contributed by atoms with Crippen molar-refractivity contribution in [1.82, 2.24) is 15.8 Å². The Morgan fingerprint density at radius 3 is 2.16 bits per heavy atom. The first-order valence-electron chi connectivity index (χ1n) is 9.26. The van der Waals surface area contributed by atoms with Crippen LogP contribution in [-0.4, -0.2) is 36.7 Å². The van der Waals surface area contributed by atoms with E-state index >= 15 is 0 Å². The molecule has 11 heteroatoms. The largest absolute Gasteiger partial charge is 0.399 e.